The van der Waals surface area contributed by atoms with Gasteiger partial charge in [-0.05, 0) is 127 Å². The molecule has 0 bridgehead atoms. The van der Waals surface area contributed by atoms with Gasteiger partial charge in [0.25, 0.3) is 29.5 Å². The van der Waals surface area contributed by atoms with Crippen LogP contribution < -0.4 is 24.5 Å². The minimum Gasteiger partial charge on any atom is -0.289 e. The van der Waals surface area contributed by atoms with Crippen LogP contribution in [0, 0.1) is 0 Å². The van der Waals surface area contributed by atoms with Gasteiger partial charge in [0.15, 0.2) is 5.78 Å². The molecular formula is C79H46N10O11. The maximum Gasteiger partial charge on any atom is 0.281 e. The molecule has 11 aromatic rings. The van der Waals surface area contributed by atoms with Gasteiger partial charge in [0.2, 0.25) is 28.9 Å². The predicted octanol–water partition coefficient (Wildman–Crippen LogP) is 11.8. The van der Waals surface area contributed by atoms with Gasteiger partial charge in [-0.2, -0.15) is 0 Å². The lowest BCUT2D eigenvalue weighted by atomic mass is 10.0. The second-order valence-corrected chi connectivity index (χ2v) is 23.0. The average Bonchev–Trinajstić information content (AvgIpc) is 1.58. The van der Waals surface area contributed by atoms with Crippen LogP contribution in [-0.4, -0.2) is 89.2 Å². The number of anilines is 5. The summed E-state index contributed by atoms with van der Waals surface area (Å²) in [4.78, 5) is 176. The van der Waals surface area contributed by atoms with E-state index in [4.69, 9.17) is 0 Å². The molecule has 0 N–H and O–H groups in total. The van der Waals surface area contributed by atoms with Crippen molar-refractivity contribution in [2.24, 2.45) is 0 Å². The van der Waals surface area contributed by atoms with Crippen molar-refractivity contribution in [1.29, 1.82) is 0 Å². The van der Waals surface area contributed by atoms with Gasteiger partial charge in [0.1, 0.15) is 39.9 Å². The minimum absolute atomic E-state index is 0.0886. The van der Waals surface area contributed by atoms with E-state index in [2.05, 4.69) is 24.9 Å². The number of hydrogen-bond acceptors (Lipinski definition) is 16. The Morgan fingerprint density at radius 2 is 0.510 bits per heavy atom. The number of para-hydroxylation sites is 5. The van der Waals surface area contributed by atoms with Crippen molar-refractivity contribution in [3.05, 3.63) is 369 Å². The standard InChI is InChI=1S/2C28H16N4O4.C23H14N2O3/c33-25-17-9-1-3-13-21(17)31(27(35)19-11-5-7-15-29-19)23(25)24-26(34)18-10-2-4-14-22(18)32(24)28(36)20-12-6-8-16-30-20;33-25-19-5-1-3-7-21(19)31(27(35)17-9-13-29-14-10-17)23(25)24-26(34)20-6-2-4-8-22(20)32(24)28(36)18-11-15-30-16-12-18;26-21-16-6-2-1-5-15(16)13-18(21)20-22(27)17-7-3-4-8-19(17)25(20)23(28)14-9-11-24-12-10-14/h2*1-16H;1-12H,13H2/b2*24-23+;20-18-. The fourth-order valence-corrected chi connectivity index (χ4v) is 12.8. The summed E-state index contributed by atoms with van der Waals surface area (Å²) in [7, 11) is 0. The van der Waals surface area contributed by atoms with Gasteiger partial charge in [-0.1, -0.05) is 97.1 Å². The molecule has 0 radical (unpaired) electrons. The van der Waals surface area contributed by atoms with Gasteiger partial charge in [-0.15, -0.1) is 0 Å². The highest BCUT2D eigenvalue weighted by atomic mass is 16.2. The number of rotatable bonds is 5. The molecule has 0 spiro atoms. The summed E-state index contributed by atoms with van der Waals surface area (Å²) in [6.07, 6.45) is 12.2. The van der Waals surface area contributed by atoms with Gasteiger partial charge in [-0.3, -0.25) is 102 Å². The van der Waals surface area contributed by atoms with Crippen LogP contribution in [-0.2, 0) is 6.42 Å². The third-order valence-electron chi connectivity index (χ3n) is 17.3. The Morgan fingerprint density at radius 1 is 0.250 bits per heavy atom. The second-order valence-electron chi connectivity index (χ2n) is 23.0. The van der Waals surface area contributed by atoms with Gasteiger partial charge in [0.05, 0.1) is 28.4 Å². The third kappa shape index (κ3) is 10.3. The first-order valence-corrected chi connectivity index (χ1v) is 31.1. The number of pyridine rings is 5. The van der Waals surface area contributed by atoms with Crippen molar-refractivity contribution in [2.75, 3.05) is 24.5 Å². The molecule has 1 aliphatic carbocycles. The van der Waals surface area contributed by atoms with Gasteiger partial charge < -0.3 is 0 Å². The molecule has 0 fully saturated rings. The van der Waals surface area contributed by atoms with Crippen LogP contribution in [0.5, 0.6) is 0 Å². The van der Waals surface area contributed by atoms with E-state index in [0.29, 0.717) is 57.1 Å². The normalized spacial score (nSPS) is 16.6. The summed E-state index contributed by atoms with van der Waals surface area (Å²) in [6, 6.07) is 59.7. The number of allylic oxidation sites excluding steroid dienone is 6. The van der Waals surface area contributed by atoms with Crippen molar-refractivity contribution >= 4 is 92.7 Å². The molecule has 5 amide bonds. The third-order valence-corrected chi connectivity index (χ3v) is 17.3. The SMILES string of the molecule is O=C1/C(=C2/C(=O)c3ccccc3N2C(=O)c2ccccn2)N(C(=O)c2ccccn2)c2ccccc21.O=C1/C(=C2/C(=O)c3ccccc3N2C(=O)c2ccncc2)Cc2ccccc21.O=C1/C(=C2/C(=O)c3ccccc3N2C(=O)c2ccncc2)N(C(=O)c2ccncc2)c2ccccc21. The number of aromatic nitrogens is 5. The molecule has 5 aromatic heterocycles. The number of hydrogen-bond donors (Lipinski definition) is 0. The molecule has 0 saturated heterocycles. The zero-order chi connectivity index (χ0) is 68.9. The van der Waals surface area contributed by atoms with Crippen LogP contribution in [0.15, 0.2) is 302 Å². The second kappa shape index (κ2) is 25.4. The number of amides is 5. The lowest BCUT2D eigenvalue weighted by Gasteiger charge is -2.24. The molecule has 478 valence electrons. The topological polar surface area (TPSA) is 268 Å². The highest BCUT2D eigenvalue weighted by Crippen LogP contribution is 2.47. The molecule has 10 heterocycles. The maximum absolute atomic E-state index is 13.8. The van der Waals surface area contributed by atoms with E-state index < -0.39 is 46.8 Å². The Balaban J connectivity index is 0.000000123. The zero-order valence-corrected chi connectivity index (χ0v) is 52.1. The van der Waals surface area contributed by atoms with Crippen LogP contribution in [0.3, 0.4) is 0 Å². The number of carbonyl (C=O) groups excluding carboxylic acids is 11. The van der Waals surface area contributed by atoms with Crippen LogP contribution in [0.1, 0.15) is 120 Å². The summed E-state index contributed by atoms with van der Waals surface area (Å²) in [5, 5.41) is 0. The molecule has 0 atom stereocenters. The quantitative estimate of drug-likeness (QED) is 0.145. The molecule has 6 aromatic carbocycles. The number of Topliss-reactive ketones (excluding diaryl/α,β-unsaturated/α-hetero) is 6. The highest BCUT2D eigenvalue weighted by Gasteiger charge is 2.50. The highest BCUT2D eigenvalue weighted by molar-refractivity contribution is 6.38. The van der Waals surface area contributed by atoms with Crippen molar-refractivity contribution < 1.29 is 52.7 Å². The molecule has 21 heteroatoms. The lowest BCUT2D eigenvalue weighted by Crippen LogP contribution is -2.37. The van der Waals surface area contributed by atoms with Gasteiger partial charge >= 0.3 is 0 Å². The number of carbonyl (C=O) groups is 11. The van der Waals surface area contributed by atoms with Crippen molar-refractivity contribution in [2.45, 2.75) is 6.42 Å². The molecule has 21 nitrogen and oxygen atoms in total. The molecule has 5 aliphatic heterocycles. The average molecular weight is 1310 g/mol. The summed E-state index contributed by atoms with van der Waals surface area (Å²) in [5.74, 6) is -5.17. The van der Waals surface area contributed by atoms with E-state index >= 15 is 0 Å². The molecule has 100 heavy (non-hydrogen) atoms. The Bertz CT molecular complexity index is 5000. The molecule has 0 unspecified atom stereocenters. The monoisotopic (exact) mass is 1310 g/mol. The van der Waals surface area contributed by atoms with E-state index in [1.54, 1.807) is 170 Å². The summed E-state index contributed by atoms with van der Waals surface area (Å²) in [6.45, 7) is 0. The van der Waals surface area contributed by atoms with E-state index in [9.17, 15) is 52.7 Å². The Morgan fingerprint density at radius 3 is 0.810 bits per heavy atom. The molecule has 6 aliphatic rings. The Labute approximate surface area is 567 Å². The van der Waals surface area contributed by atoms with Crippen LogP contribution in [0.25, 0.3) is 0 Å². The first kappa shape index (κ1) is 61.8. The first-order chi connectivity index (χ1) is 48.8. The smallest absolute Gasteiger partial charge is 0.281 e. The maximum atomic E-state index is 13.8. The van der Waals surface area contributed by atoms with Crippen LogP contribution >= 0.6 is 0 Å². The van der Waals surface area contributed by atoms with Crippen molar-refractivity contribution in [3.63, 3.8) is 0 Å². The molecule has 17 rings (SSSR count). The van der Waals surface area contributed by atoms with Gasteiger partial charge in [-0.25, -0.2) is 0 Å². The van der Waals surface area contributed by atoms with Crippen LogP contribution in [0.4, 0.5) is 28.4 Å². The fourth-order valence-electron chi connectivity index (χ4n) is 12.8. The Hall–Kier alpha value is -14.3. The largest absolute Gasteiger partial charge is 0.289 e. The summed E-state index contributed by atoms with van der Waals surface area (Å²) in [5.41, 5.74) is 5.66. The predicted molar refractivity (Wildman–Crippen MR) is 365 cm³/mol. The lowest BCUT2D eigenvalue weighted by molar-refractivity contribution is 0.0950. The summed E-state index contributed by atoms with van der Waals surface area (Å²) >= 11 is 0. The number of fused-ring (bicyclic) bond motifs is 6. The van der Waals surface area contributed by atoms with Gasteiger partial charge in [0, 0.05) is 112 Å². The van der Waals surface area contributed by atoms with E-state index in [0.717, 1.165) is 5.56 Å². The number of nitrogens with zero attached hydrogens (tertiary/aromatic N) is 10. The van der Waals surface area contributed by atoms with Crippen molar-refractivity contribution in [3.8, 4) is 0 Å². The first-order valence-electron chi connectivity index (χ1n) is 31.1. The zero-order valence-electron chi connectivity index (χ0n) is 52.1. The van der Waals surface area contributed by atoms with E-state index in [1.165, 1.54) is 110 Å². The van der Waals surface area contributed by atoms with E-state index in [1.807, 2.05) is 12.1 Å². The molecular weight excluding hydrogens is 1260 g/mol. The number of benzene rings is 6. The number of ketones is 6. The minimum atomic E-state index is -0.592. The fraction of sp³-hybridized carbons (Fsp3) is 0.0127. The Kier molecular flexibility index (Phi) is 15.7. The summed E-state index contributed by atoms with van der Waals surface area (Å²) < 4.78 is 0. The van der Waals surface area contributed by atoms with E-state index in [-0.39, 0.29) is 90.7 Å². The van der Waals surface area contributed by atoms with Crippen LogP contribution in [0.2, 0.25) is 0 Å². The molecule has 0 saturated carbocycles. The van der Waals surface area contributed by atoms with Crippen molar-refractivity contribution in [1.82, 2.24) is 24.9 Å².